The number of ether oxygens (including phenoxy) is 1. The minimum absolute atomic E-state index is 0.157. The van der Waals surface area contributed by atoms with E-state index in [1.807, 2.05) is 0 Å². The van der Waals surface area contributed by atoms with E-state index in [0.717, 1.165) is 12.8 Å². The molecule has 72 valence electrons. The third kappa shape index (κ3) is 4.01. The van der Waals surface area contributed by atoms with E-state index in [-0.39, 0.29) is 6.04 Å². The lowest BCUT2D eigenvalue weighted by Gasteiger charge is -2.05. The first-order valence-corrected chi connectivity index (χ1v) is 5.38. The summed E-state index contributed by atoms with van der Waals surface area (Å²) in [5, 5.41) is 0. The molecule has 1 rings (SSSR count). The first-order valence-electron chi connectivity index (χ1n) is 3.90. The molecule has 0 saturated heterocycles. The molecule has 0 amide bonds. The molecule has 0 heterocycles. The molecule has 1 fully saturated rings. The van der Waals surface area contributed by atoms with Gasteiger partial charge >= 0.3 is 0 Å². The summed E-state index contributed by atoms with van der Waals surface area (Å²) in [6.45, 7) is 0.712. The molecule has 0 spiro atoms. The fourth-order valence-electron chi connectivity index (χ4n) is 0.740. The Hall–Kier alpha value is -0.170. The summed E-state index contributed by atoms with van der Waals surface area (Å²) in [7, 11) is -1.74. The van der Waals surface area contributed by atoms with Crippen LogP contribution in [0.2, 0.25) is 0 Å². The number of methoxy groups -OCH3 is 1. The van der Waals surface area contributed by atoms with Gasteiger partial charge < -0.3 is 4.74 Å². The molecular weight excluding hydrogens is 180 g/mol. The van der Waals surface area contributed by atoms with Crippen LogP contribution in [0.3, 0.4) is 0 Å². The lowest BCUT2D eigenvalue weighted by atomic mass is 10.7. The third-order valence-corrected chi connectivity index (χ3v) is 2.73. The molecule has 0 aromatic rings. The maximum atomic E-state index is 11.1. The number of nitrogens with one attached hydrogen (secondary N) is 2. The maximum absolute atomic E-state index is 11.1. The Balaban J connectivity index is 2.17. The van der Waals surface area contributed by atoms with Gasteiger partial charge in [0.1, 0.15) is 0 Å². The Morgan fingerprint density at radius 2 is 2.17 bits per heavy atom. The lowest BCUT2D eigenvalue weighted by Crippen LogP contribution is -2.39. The second-order valence-electron chi connectivity index (χ2n) is 2.78. The van der Waals surface area contributed by atoms with Crippen LogP contribution in [0.25, 0.3) is 0 Å². The van der Waals surface area contributed by atoms with Crippen molar-refractivity contribution in [2.24, 2.45) is 0 Å². The van der Waals surface area contributed by atoms with Gasteiger partial charge in [0, 0.05) is 19.7 Å². The van der Waals surface area contributed by atoms with E-state index in [0.29, 0.717) is 13.2 Å². The van der Waals surface area contributed by atoms with Crippen molar-refractivity contribution in [3.63, 3.8) is 0 Å². The van der Waals surface area contributed by atoms with Gasteiger partial charge in [-0.15, -0.1) is 0 Å². The third-order valence-electron chi connectivity index (χ3n) is 1.50. The van der Waals surface area contributed by atoms with Gasteiger partial charge in [-0.05, 0) is 12.8 Å². The van der Waals surface area contributed by atoms with Crippen LogP contribution in [0.15, 0.2) is 0 Å². The molecule has 0 bridgehead atoms. The number of rotatable bonds is 6. The minimum Gasteiger partial charge on any atom is -0.383 e. The monoisotopic (exact) mass is 194 g/mol. The molecule has 6 heteroatoms. The Morgan fingerprint density at radius 3 is 2.67 bits per heavy atom. The van der Waals surface area contributed by atoms with Gasteiger partial charge in [-0.2, -0.15) is 17.9 Å². The first-order chi connectivity index (χ1) is 5.64. The maximum Gasteiger partial charge on any atom is 0.277 e. The SMILES string of the molecule is COCCNS(=O)(=O)NC1CC1. The van der Waals surface area contributed by atoms with Crippen molar-refractivity contribution in [3.05, 3.63) is 0 Å². The summed E-state index contributed by atoms with van der Waals surface area (Å²) in [6.07, 6.45) is 1.90. The Bertz CT molecular complexity index is 223. The Labute approximate surface area is 72.7 Å². The van der Waals surface area contributed by atoms with Crippen molar-refractivity contribution < 1.29 is 13.2 Å². The van der Waals surface area contributed by atoms with Gasteiger partial charge in [0.2, 0.25) is 0 Å². The molecule has 2 N–H and O–H groups in total. The highest BCUT2D eigenvalue weighted by Gasteiger charge is 2.26. The zero-order valence-electron chi connectivity index (χ0n) is 7.04. The minimum atomic E-state index is -3.27. The number of hydrogen-bond donors (Lipinski definition) is 2. The van der Waals surface area contributed by atoms with Gasteiger partial charge in [0.25, 0.3) is 10.2 Å². The molecule has 0 radical (unpaired) electrons. The zero-order chi connectivity index (χ0) is 9.03. The quantitative estimate of drug-likeness (QED) is 0.545. The summed E-state index contributed by atoms with van der Waals surface area (Å²) < 4.78 is 31.7. The normalized spacial score (nSPS) is 18.1. The van der Waals surface area contributed by atoms with Crippen molar-refractivity contribution >= 4 is 10.2 Å². The fourth-order valence-corrected chi connectivity index (χ4v) is 1.85. The summed E-state index contributed by atoms with van der Waals surface area (Å²) >= 11 is 0. The van der Waals surface area contributed by atoms with Crippen LogP contribution in [0.5, 0.6) is 0 Å². The average Bonchev–Trinajstić information content (AvgIpc) is 2.71. The molecule has 12 heavy (non-hydrogen) atoms. The second kappa shape index (κ2) is 4.18. The standard InChI is InChI=1S/C6H14N2O3S/c1-11-5-4-7-12(9,10)8-6-2-3-6/h6-8H,2-5H2,1H3. The van der Waals surface area contributed by atoms with E-state index in [4.69, 9.17) is 4.74 Å². The molecule has 1 saturated carbocycles. The highest BCUT2D eigenvalue weighted by atomic mass is 32.2. The van der Waals surface area contributed by atoms with E-state index in [1.165, 1.54) is 7.11 Å². The molecule has 0 aliphatic heterocycles. The highest BCUT2D eigenvalue weighted by Crippen LogP contribution is 2.19. The van der Waals surface area contributed by atoms with Gasteiger partial charge in [-0.1, -0.05) is 0 Å². The van der Waals surface area contributed by atoms with Gasteiger partial charge in [0.15, 0.2) is 0 Å². The van der Waals surface area contributed by atoms with Crippen molar-refractivity contribution in [2.45, 2.75) is 18.9 Å². The second-order valence-corrected chi connectivity index (χ2v) is 4.31. The van der Waals surface area contributed by atoms with E-state index in [9.17, 15) is 8.42 Å². The molecule has 5 nitrogen and oxygen atoms in total. The zero-order valence-corrected chi connectivity index (χ0v) is 7.86. The smallest absolute Gasteiger partial charge is 0.277 e. The molecule has 0 atom stereocenters. The van der Waals surface area contributed by atoms with Crippen molar-refractivity contribution in [2.75, 3.05) is 20.3 Å². The van der Waals surface area contributed by atoms with E-state index >= 15 is 0 Å². The van der Waals surface area contributed by atoms with Crippen LogP contribution >= 0.6 is 0 Å². The molecule has 0 aromatic heterocycles. The highest BCUT2D eigenvalue weighted by molar-refractivity contribution is 7.87. The van der Waals surface area contributed by atoms with Gasteiger partial charge in [0.05, 0.1) is 6.61 Å². The van der Waals surface area contributed by atoms with Gasteiger partial charge in [-0.25, -0.2) is 0 Å². The molecule has 1 aliphatic carbocycles. The fraction of sp³-hybridized carbons (Fsp3) is 1.00. The van der Waals surface area contributed by atoms with Crippen LogP contribution in [0.1, 0.15) is 12.8 Å². The number of hydrogen-bond acceptors (Lipinski definition) is 3. The summed E-state index contributed by atoms with van der Waals surface area (Å²) in [5.74, 6) is 0. The topological polar surface area (TPSA) is 67.4 Å². The average molecular weight is 194 g/mol. The summed E-state index contributed by atoms with van der Waals surface area (Å²) in [5.41, 5.74) is 0. The van der Waals surface area contributed by atoms with Crippen LogP contribution in [-0.2, 0) is 14.9 Å². The van der Waals surface area contributed by atoms with Crippen LogP contribution in [0.4, 0.5) is 0 Å². The van der Waals surface area contributed by atoms with Gasteiger partial charge in [-0.3, -0.25) is 0 Å². The molecule has 0 unspecified atom stereocenters. The molecule has 0 aromatic carbocycles. The van der Waals surface area contributed by atoms with E-state index < -0.39 is 10.2 Å². The first kappa shape index (κ1) is 9.91. The van der Waals surface area contributed by atoms with Crippen LogP contribution < -0.4 is 9.44 Å². The van der Waals surface area contributed by atoms with Crippen LogP contribution in [0, 0.1) is 0 Å². The van der Waals surface area contributed by atoms with Crippen LogP contribution in [-0.4, -0.2) is 34.7 Å². The lowest BCUT2D eigenvalue weighted by molar-refractivity contribution is 0.204. The van der Waals surface area contributed by atoms with Crippen molar-refractivity contribution in [3.8, 4) is 0 Å². The van der Waals surface area contributed by atoms with E-state index in [1.54, 1.807) is 0 Å². The largest absolute Gasteiger partial charge is 0.383 e. The Kier molecular flexibility index (Phi) is 3.45. The Morgan fingerprint density at radius 1 is 1.50 bits per heavy atom. The predicted octanol–water partition coefficient (Wildman–Crippen LogP) is -0.781. The van der Waals surface area contributed by atoms with Crippen molar-refractivity contribution in [1.82, 2.24) is 9.44 Å². The molecule has 1 aliphatic rings. The summed E-state index contributed by atoms with van der Waals surface area (Å²) in [4.78, 5) is 0. The van der Waals surface area contributed by atoms with E-state index in [2.05, 4.69) is 9.44 Å². The molecular formula is C6H14N2O3S. The summed E-state index contributed by atoms with van der Waals surface area (Å²) in [6, 6.07) is 0.157. The predicted molar refractivity (Wildman–Crippen MR) is 45.0 cm³/mol. The van der Waals surface area contributed by atoms with Crippen molar-refractivity contribution in [1.29, 1.82) is 0 Å².